The highest BCUT2D eigenvalue weighted by Gasteiger charge is 2.03. The van der Waals surface area contributed by atoms with Gasteiger partial charge in [0.1, 0.15) is 6.61 Å². The maximum absolute atomic E-state index is 10.4. The van der Waals surface area contributed by atoms with Crippen LogP contribution < -0.4 is 4.84 Å². The van der Waals surface area contributed by atoms with Crippen LogP contribution in [0.4, 0.5) is 0 Å². The molecular weight excluding hydrogens is 342 g/mol. The van der Waals surface area contributed by atoms with Gasteiger partial charge < -0.3 is 24.2 Å². The Labute approximate surface area is 145 Å². The van der Waals surface area contributed by atoms with Gasteiger partial charge in [-0.25, -0.2) is 0 Å². The number of carboxylic acid groups (broad SMARTS) is 1. The lowest BCUT2D eigenvalue weighted by atomic mass is 10.2. The van der Waals surface area contributed by atoms with E-state index in [4.69, 9.17) is 35.8 Å². The minimum Gasteiger partial charge on any atom is -0.481 e. The first-order valence-electron chi connectivity index (χ1n) is 7.78. The van der Waals surface area contributed by atoms with Crippen LogP contribution in [0.1, 0.15) is 18.5 Å². The highest BCUT2D eigenvalue weighted by molar-refractivity contribution is 6.17. The van der Waals surface area contributed by atoms with Crippen LogP contribution in [0.5, 0.6) is 0 Å². The smallest absolute Gasteiger partial charge is 0.303 e. The molecule has 0 amide bonds. The fourth-order valence-corrected chi connectivity index (χ4v) is 1.77. The van der Waals surface area contributed by atoms with Gasteiger partial charge in [0.05, 0.1) is 51.5 Å². The summed E-state index contributed by atoms with van der Waals surface area (Å²) in [6.07, 6.45) is 2.82. The zero-order chi connectivity index (χ0) is 17.5. The Morgan fingerprint density at radius 1 is 1.08 bits per heavy atom. The van der Waals surface area contributed by atoms with Crippen LogP contribution in [0.15, 0.2) is 6.20 Å². The Hall–Kier alpha value is -1.42. The summed E-state index contributed by atoms with van der Waals surface area (Å²) in [6.45, 7) is 3.26. The van der Waals surface area contributed by atoms with E-state index in [9.17, 15) is 4.79 Å². The van der Waals surface area contributed by atoms with E-state index in [-0.39, 0.29) is 6.42 Å². The number of carbonyl (C=O) groups is 1. The Morgan fingerprint density at radius 2 is 1.71 bits per heavy atom. The summed E-state index contributed by atoms with van der Waals surface area (Å²) in [4.78, 5) is 17.0. The molecule has 24 heavy (non-hydrogen) atoms. The monoisotopic (exact) mass is 365 g/mol. The van der Waals surface area contributed by atoms with Crippen molar-refractivity contribution in [2.45, 2.75) is 19.3 Å². The number of alkyl halides is 1. The quantitative estimate of drug-likeness (QED) is 0.331. The number of aliphatic carboxylic acids is 1. The molecule has 9 nitrogen and oxygen atoms in total. The Morgan fingerprint density at radius 3 is 2.33 bits per heavy atom. The fourth-order valence-electron chi connectivity index (χ4n) is 1.67. The second-order valence-corrected chi connectivity index (χ2v) is 5.10. The largest absolute Gasteiger partial charge is 0.481 e. The van der Waals surface area contributed by atoms with Gasteiger partial charge >= 0.3 is 5.97 Å². The maximum atomic E-state index is 10.4. The molecule has 1 aromatic rings. The van der Waals surface area contributed by atoms with Crippen molar-refractivity contribution in [3.8, 4) is 0 Å². The molecule has 0 saturated heterocycles. The van der Waals surface area contributed by atoms with E-state index in [0.29, 0.717) is 70.7 Å². The highest BCUT2D eigenvalue weighted by Crippen LogP contribution is 2.00. The van der Waals surface area contributed by atoms with E-state index < -0.39 is 5.97 Å². The molecule has 0 radical (unpaired) electrons. The molecule has 0 aliphatic carbocycles. The molecule has 1 rings (SSSR count). The maximum Gasteiger partial charge on any atom is 0.303 e. The molecule has 0 atom stereocenters. The molecule has 138 valence electrons. The third kappa shape index (κ3) is 11.2. The van der Waals surface area contributed by atoms with Crippen molar-refractivity contribution in [3.63, 3.8) is 0 Å². The Balaban J connectivity index is 1.92. The van der Waals surface area contributed by atoms with Crippen LogP contribution >= 0.6 is 11.6 Å². The van der Waals surface area contributed by atoms with Crippen LogP contribution in [0.3, 0.4) is 0 Å². The van der Waals surface area contributed by atoms with Crippen molar-refractivity contribution in [2.24, 2.45) is 0 Å². The van der Waals surface area contributed by atoms with Crippen molar-refractivity contribution in [1.82, 2.24) is 15.2 Å². The van der Waals surface area contributed by atoms with Gasteiger partial charge in [-0.15, -0.1) is 16.7 Å². The summed E-state index contributed by atoms with van der Waals surface area (Å²) in [7, 11) is 0. The Bertz CT molecular complexity index is 446. The number of ether oxygens (including phenoxy) is 3. The van der Waals surface area contributed by atoms with Gasteiger partial charge in [-0.3, -0.25) is 4.79 Å². The molecule has 0 saturated carbocycles. The van der Waals surface area contributed by atoms with E-state index in [2.05, 4.69) is 10.3 Å². The molecule has 1 aromatic heterocycles. The summed E-state index contributed by atoms with van der Waals surface area (Å²) in [5.41, 5.74) is 0.696. The van der Waals surface area contributed by atoms with E-state index in [1.807, 2.05) is 0 Å². The summed E-state index contributed by atoms with van der Waals surface area (Å²) >= 11 is 5.46. The first-order valence-corrected chi connectivity index (χ1v) is 8.31. The first kappa shape index (κ1) is 20.6. The van der Waals surface area contributed by atoms with Crippen molar-refractivity contribution in [1.29, 1.82) is 0 Å². The number of nitrogens with zero attached hydrogens (tertiary/aromatic N) is 3. The lowest BCUT2D eigenvalue weighted by Crippen LogP contribution is -2.19. The number of hydrogen-bond donors (Lipinski definition) is 1. The first-order chi connectivity index (χ1) is 11.7. The zero-order valence-electron chi connectivity index (χ0n) is 13.6. The SMILES string of the molecule is O=C(O)CCCc1cn(OCCOCCOCCOCCCl)nn1. The average Bonchev–Trinajstić information content (AvgIpc) is 3.00. The van der Waals surface area contributed by atoms with Gasteiger partial charge in [0.25, 0.3) is 0 Å². The summed E-state index contributed by atoms with van der Waals surface area (Å²) in [6, 6.07) is 0. The van der Waals surface area contributed by atoms with Crippen LogP contribution in [0.2, 0.25) is 0 Å². The molecule has 10 heteroatoms. The second kappa shape index (κ2) is 14.0. The third-order valence-corrected chi connectivity index (χ3v) is 2.92. The van der Waals surface area contributed by atoms with Crippen molar-refractivity contribution in [2.75, 3.05) is 52.1 Å². The minimum atomic E-state index is -0.817. The molecule has 1 N–H and O–H groups in total. The minimum absolute atomic E-state index is 0.114. The van der Waals surface area contributed by atoms with E-state index >= 15 is 0 Å². The predicted molar refractivity (Wildman–Crippen MR) is 85.2 cm³/mol. The van der Waals surface area contributed by atoms with Gasteiger partial charge in [-0.1, -0.05) is 4.85 Å². The summed E-state index contributed by atoms with van der Waals surface area (Å²) in [5, 5.41) is 16.3. The molecule has 0 aliphatic rings. The van der Waals surface area contributed by atoms with Crippen molar-refractivity contribution in [3.05, 3.63) is 11.9 Å². The molecule has 0 aliphatic heterocycles. The highest BCUT2D eigenvalue weighted by atomic mass is 35.5. The third-order valence-electron chi connectivity index (χ3n) is 2.76. The number of halogens is 1. The van der Waals surface area contributed by atoms with Gasteiger partial charge in [0.15, 0.2) is 0 Å². The standard InChI is InChI=1S/C14H24ClN3O6/c15-4-5-21-6-7-22-8-9-23-10-11-24-18-12-13(16-17-18)2-1-3-14(19)20/h12H,1-11H2,(H,19,20). The molecular formula is C14H24ClN3O6. The average molecular weight is 366 g/mol. The van der Waals surface area contributed by atoms with E-state index in [0.717, 1.165) is 0 Å². The number of carboxylic acids is 1. The lowest BCUT2D eigenvalue weighted by molar-refractivity contribution is -0.137. The van der Waals surface area contributed by atoms with E-state index in [1.54, 1.807) is 6.20 Å². The van der Waals surface area contributed by atoms with Gasteiger partial charge in [0.2, 0.25) is 0 Å². The molecule has 1 heterocycles. The lowest BCUT2D eigenvalue weighted by Gasteiger charge is -2.06. The molecule has 0 fully saturated rings. The zero-order valence-corrected chi connectivity index (χ0v) is 14.3. The van der Waals surface area contributed by atoms with Gasteiger partial charge in [-0.2, -0.15) is 0 Å². The van der Waals surface area contributed by atoms with Crippen LogP contribution in [0, 0.1) is 0 Å². The van der Waals surface area contributed by atoms with Crippen LogP contribution in [-0.4, -0.2) is 78.4 Å². The van der Waals surface area contributed by atoms with Gasteiger partial charge in [-0.05, 0) is 18.1 Å². The normalized spacial score (nSPS) is 10.9. The topological polar surface area (TPSA) is 105 Å². The predicted octanol–water partition coefficient (Wildman–Crippen LogP) is 0.403. The van der Waals surface area contributed by atoms with Crippen molar-refractivity contribution >= 4 is 17.6 Å². The van der Waals surface area contributed by atoms with Gasteiger partial charge in [0, 0.05) is 12.3 Å². The van der Waals surface area contributed by atoms with Crippen LogP contribution in [0.25, 0.3) is 0 Å². The summed E-state index contributed by atoms with van der Waals surface area (Å²) in [5.74, 6) is -0.332. The number of rotatable bonds is 16. The number of aromatic nitrogens is 3. The van der Waals surface area contributed by atoms with Crippen molar-refractivity contribution < 1.29 is 28.9 Å². The Kier molecular flexibility index (Phi) is 12.0. The van der Waals surface area contributed by atoms with Crippen LogP contribution in [-0.2, 0) is 25.4 Å². The number of hydrogen-bond acceptors (Lipinski definition) is 7. The molecule has 0 spiro atoms. The molecule has 0 aromatic carbocycles. The summed E-state index contributed by atoms with van der Waals surface area (Å²) < 4.78 is 15.8. The van der Waals surface area contributed by atoms with E-state index in [1.165, 1.54) is 4.85 Å². The number of aryl methyl sites for hydroxylation is 1. The molecule has 0 bridgehead atoms. The fraction of sp³-hybridized carbons (Fsp3) is 0.786. The second-order valence-electron chi connectivity index (χ2n) is 4.72. The molecule has 0 unspecified atom stereocenters.